The van der Waals surface area contributed by atoms with Gasteiger partial charge in [-0.1, -0.05) is 17.7 Å². The molecule has 1 fully saturated rings. The number of nitrogens with one attached hydrogen (secondary N) is 1. The molecule has 2 unspecified atom stereocenters. The van der Waals surface area contributed by atoms with Gasteiger partial charge in [-0.25, -0.2) is 0 Å². The van der Waals surface area contributed by atoms with Crippen LogP contribution in [0.4, 0.5) is 0 Å². The SMILES string of the molecule is CC1CNCCN1C(C(=O)O)c1ccc(O)c(Cl)c1. The highest BCUT2D eigenvalue weighted by atomic mass is 35.5. The first kappa shape index (κ1) is 14.1. The van der Waals surface area contributed by atoms with Crippen LogP contribution in [0, 0.1) is 0 Å². The fourth-order valence-corrected chi connectivity index (χ4v) is 2.60. The number of carboxylic acids is 1. The topological polar surface area (TPSA) is 72.8 Å². The molecule has 0 spiro atoms. The average molecular weight is 285 g/mol. The quantitative estimate of drug-likeness (QED) is 0.784. The van der Waals surface area contributed by atoms with E-state index in [0.717, 1.165) is 13.1 Å². The highest BCUT2D eigenvalue weighted by Gasteiger charge is 2.32. The zero-order valence-corrected chi connectivity index (χ0v) is 11.4. The minimum absolute atomic E-state index is 0.0390. The Morgan fingerprint density at radius 1 is 1.58 bits per heavy atom. The smallest absolute Gasteiger partial charge is 0.325 e. The zero-order chi connectivity index (χ0) is 14.0. The summed E-state index contributed by atoms with van der Waals surface area (Å²) in [6, 6.07) is 3.94. The van der Waals surface area contributed by atoms with Gasteiger partial charge in [-0.05, 0) is 24.6 Å². The van der Waals surface area contributed by atoms with Crippen molar-refractivity contribution in [1.29, 1.82) is 0 Å². The van der Waals surface area contributed by atoms with Crippen molar-refractivity contribution in [3.63, 3.8) is 0 Å². The van der Waals surface area contributed by atoms with Gasteiger partial charge in [-0.15, -0.1) is 0 Å². The summed E-state index contributed by atoms with van der Waals surface area (Å²) in [6.45, 7) is 4.18. The first-order valence-corrected chi connectivity index (χ1v) is 6.56. The number of rotatable bonds is 3. The summed E-state index contributed by atoms with van der Waals surface area (Å²) in [4.78, 5) is 13.5. The lowest BCUT2D eigenvalue weighted by molar-refractivity contribution is -0.145. The predicted octanol–water partition coefficient (Wildman–Crippen LogP) is 1.47. The van der Waals surface area contributed by atoms with Gasteiger partial charge in [0.05, 0.1) is 5.02 Å². The van der Waals surface area contributed by atoms with Crippen molar-refractivity contribution in [2.24, 2.45) is 0 Å². The number of phenolic OH excluding ortho intramolecular Hbond substituents is 1. The first-order valence-electron chi connectivity index (χ1n) is 6.18. The Bertz CT molecular complexity index is 481. The summed E-state index contributed by atoms with van der Waals surface area (Å²) in [5.41, 5.74) is 0.587. The van der Waals surface area contributed by atoms with Crippen LogP contribution in [-0.2, 0) is 4.79 Å². The minimum Gasteiger partial charge on any atom is -0.506 e. The maximum Gasteiger partial charge on any atom is 0.325 e. The second-order valence-electron chi connectivity index (χ2n) is 4.74. The normalized spacial score (nSPS) is 22.1. The number of benzene rings is 1. The standard InChI is InChI=1S/C13H17ClN2O3/c1-8-7-15-4-5-16(8)12(13(18)19)9-2-3-11(17)10(14)6-9/h2-3,6,8,12,15,17H,4-5,7H2,1H3,(H,18,19). The summed E-state index contributed by atoms with van der Waals surface area (Å²) < 4.78 is 0. The third-order valence-corrected chi connectivity index (χ3v) is 3.71. The molecule has 1 aliphatic rings. The van der Waals surface area contributed by atoms with Crippen molar-refractivity contribution in [2.45, 2.75) is 19.0 Å². The number of phenols is 1. The predicted molar refractivity (Wildman–Crippen MR) is 72.5 cm³/mol. The molecule has 0 aliphatic carbocycles. The largest absolute Gasteiger partial charge is 0.506 e. The van der Waals surface area contributed by atoms with Gasteiger partial charge in [-0.2, -0.15) is 0 Å². The van der Waals surface area contributed by atoms with Crippen LogP contribution in [0.15, 0.2) is 18.2 Å². The van der Waals surface area contributed by atoms with Crippen molar-refractivity contribution in [2.75, 3.05) is 19.6 Å². The van der Waals surface area contributed by atoms with E-state index >= 15 is 0 Å². The highest BCUT2D eigenvalue weighted by molar-refractivity contribution is 6.32. The lowest BCUT2D eigenvalue weighted by atomic mass is 10.0. The van der Waals surface area contributed by atoms with Crippen molar-refractivity contribution in [3.05, 3.63) is 28.8 Å². The summed E-state index contributed by atoms with van der Waals surface area (Å²) in [7, 11) is 0. The maximum atomic E-state index is 11.6. The van der Waals surface area contributed by atoms with E-state index < -0.39 is 12.0 Å². The number of aliphatic carboxylic acids is 1. The second kappa shape index (κ2) is 5.77. The van der Waals surface area contributed by atoms with E-state index in [1.165, 1.54) is 12.1 Å². The molecule has 1 heterocycles. The molecule has 2 rings (SSSR count). The van der Waals surface area contributed by atoms with Crippen LogP contribution in [0.3, 0.4) is 0 Å². The Balaban J connectivity index is 2.33. The Morgan fingerprint density at radius 2 is 2.32 bits per heavy atom. The highest BCUT2D eigenvalue weighted by Crippen LogP contribution is 2.30. The summed E-state index contributed by atoms with van der Waals surface area (Å²) in [5, 5.41) is 22.3. The molecule has 3 N–H and O–H groups in total. The summed E-state index contributed by atoms with van der Waals surface area (Å²) >= 11 is 5.86. The zero-order valence-electron chi connectivity index (χ0n) is 10.6. The maximum absolute atomic E-state index is 11.6. The molecule has 104 valence electrons. The van der Waals surface area contributed by atoms with Gasteiger partial charge in [0, 0.05) is 25.7 Å². The molecule has 1 saturated heterocycles. The number of hydrogen-bond donors (Lipinski definition) is 3. The molecule has 2 atom stereocenters. The first-order chi connectivity index (χ1) is 9.00. The third kappa shape index (κ3) is 3.00. The molecule has 0 aromatic heterocycles. The molecule has 0 saturated carbocycles. The Labute approximate surface area is 116 Å². The van der Waals surface area contributed by atoms with Crippen LogP contribution in [0.2, 0.25) is 5.02 Å². The molecule has 1 aromatic carbocycles. The van der Waals surface area contributed by atoms with E-state index in [-0.39, 0.29) is 16.8 Å². The Morgan fingerprint density at radius 3 is 2.89 bits per heavy atom. The number of aromatic hydroxyl groups is 1. The summed E-state index contributed by atoms with van der Waals surface area (Å²) in [6.07, 6.45) is 0. The van der Waals surface area contributed by atoms with E-state index in [1.807, 2.05) is 11.8 Å². The van der Waals surface area contributed by atoms with E-state index in [0.29, 0.717) is 12.1 Å². The number of halogens is 1. The van der Waals surface area contributed by atoms with Gasteiger partial charge in [-0.3, -0.25) is 9.69 Å². The fraction of sp³-hybridized carbons (Fsp3) is 0.462. The number of hydrogen-bond acceptors (Lipinski definition) is 4. The van der Waals surface area contributed by atoms with Crippen molar-refractivity contribution in [1.82, 2.24) is 10.2 Å². The molecule has 5 nitrogen and oxygen atoms in total. The Hall–Kier alpha value is -1.30. The molecule has 1 aliphatic heterocycles. The van der Waals surface area contributed by atoms with Crippen LogP contribution in [-0.4, -0.2) is 46.8 Å². The van der Waals surface area contributed by atoms with Crippen molar-refractivity contribution in [3.8, 4) is 5.75 Å². The van der Waals surface area contributed by atoms with Gasteiger partial charge >= 0.3 is 5.97 Å². The monoisotopic (exact) mass is 284 g/mol. The van der Waals surface area contributed by atoms with E-state index in [4.69, 9.17) is 11.6 Å². The van der Waals surface area contributed by atoms with E-state index in [9.17, 15) is 15.0 Å². The lowest BCUT2D eigenvalue weighted by Crippen LogP contribution is -2.52. The third-order valence-electron chi connectivity index (χ3n) is 3.41. The number of piperazine rings is 1. The molecule has 1 aromatic rings. The molecule has 0 amide bonds. The second-order valence-corrected chi connectivity index (χ2v) is 5.15. The molecular formula is C13H17ClN2O3. The average Bonchev–Trinajstić information content (AvgIpc) is 2.36. The number of carboxylic acid groups (broad SMARTS) is 1. The van der Waals surface area contributed by atoms with Crippen LogP contribution >= 0.6 is 11.6 Å². The van der Waals surface area contributed by atoms with Gasteiger partial charge in [0.1, 0.15) is 11.8 Å². The van der Waals surface area contributed by atoms with Crippen LogP contribution in [0.5, 0.6) is 5.75 Å². The Kier molecular flexibility index (Phi) is 4.29. The summed E-state index contributed by atoms with van der Waals surface area (Å²) in [5.74, 6) is -0.946. The van der Waals surface area contributed by atoms with Crippen LogP contribution < -0.4 is 5.32 Å². The van der Waals surface area contributed by atoms with Gasteiger partial charge < -0.3 is 15.5 Å². The molecule has 6 heteroatoms. The lowest BCUT2D eigenvalue weighted by Gasteiger charge is -2.38. The van der Waals surface area contributed by atoms with Gasteiger partial charge in [0.15, 0.2) is 0 Å². The molecular weight excluding hydrogens is 268 g/mol. The molecule has 0 radical (unpaired) electrons. The van der Waals surface area contributed by atoms with Gasteiger partial charge in [0.25, 0.3) is 0 Å². The van der Waals surface area contributed by atoms with E-state index in [2.05, 4.69) is 5.32 Å². The van der Waals surface area contributed by atoms with Crippen LogP contribution in [0.25, 0.3) is 0 Å². The van der Waals surface area contributed by atoms with Crippen molar-refractivity contribution < 1.29 is 15.0 Å². The fourth-order valence-electron chi connectivity index (χ4n) is 2.41. The molecule has 0 bridgehead atoms. The number of carbonyl (C=O) groups is 1. The molecule has 19 heavy (non-hydrogen) atoms. The minimum atomic E-state index is -0.907. The van der Waals surface area contributed by atoms with Crippen molar-refractivity contribution >= 4 is 17.6 Å². The van der Waals surface area contributed by atoms with Crippen LogP contribution in [0.1, 0.15) is 18.5 Å². The van der Waals surface area contributed by atoms with Gasteiger partial charge in [0.2, 0.25) is 0 Å². The number of nitrogens with zero attached hydrogens (tertiary/aromatic N) is 1. The van der Waals surface area contributed by atoms with E-state index in [1.54, 1.807) is 6.07 Å².